The number of rotatable bonds is 1. The van der Waals surface area contributed by atoms with Crippen LogP contribution in [0, 0.1) is 0 Å². The third-order valence-corrected chi connectivity index (χ3v) is 3.29. The van der Waals surface area contributed by atoms with Crippen molar-refractivity contribution in [2.24, 2.45) is 0 Å². The molecule has 3 rings (SSSR count). The topological polar surface area (TPSA) is 60.2 Å². The fourth-order valence-electron chi connectivity index (χ4n) is 2.44. The molecule has 0 bridgehead atoms. The Bertz CT molecular complexity index is 580. The number of nitrogens with zero attached hydrogens (tertiary/aromatic N) is 4. The molecule has 1 aromatic heterocycles. The van der Waals surface area contributed by atoms with Crippen molar-refractivity contribution in [3.05, 3.63) is 24.3 Å². The van der Waals surface area contributed by atoms with Crippen molar-refractivity contribution in [2.75, 3.05) is 13.7 Å². The average molecular weight is 246 g/mol. The van der Waals surface area contributed by atoms with Gasteiger partial charge >= 0.3 is 6.09 Å². The Labute approximate surface area is 104 Å². The molecule has 94 valence electrons. The van der Waals surface area contributed by atoms with Crippen LogP contribution in [0.4, 0.5) is 4.79 Å². The summed E-state index contributed by atoms with van der Waals surface area (Å²) in [7, 11) is 1.40. The van der Waals surface area contributed by atoms with Crippen LogP contribution in [0.5, 0.6) is 0 Å². The molecular weight excluding hydrogens is 232 g/mol. The molecule has 0 radical (unpaired) electrons. The molecule has 1 unspecified atom stereocenters. The van der Waals surface area contributed by atoms with Gasteiger partial charge in [-0.1, -0.05) is 17.3 Å². The highest BCUT2D eigenvalue weighted by molar-refractivity contribution is 5.74. The van der Waals surface area contributed by atoms with Gasteiger partial charge in [0.15, 0.2) is 0 Å². The summed E-state index contributed by atoms with van der Waals surface area (Å²) in [5, 5.41) is 8.28. The summed E-state index contributed by atoms with van der Waals surface area (Å²) in [6.45, 7) is 0.700. The van der Waals surface area contributed by atoms with Gasteiger partial charge in [-0.3, -0.25) is 4.90 Å². The van der Waals surface area contributed by atoms with Crippen molar-refractivity contribution in [1.29, 1.82) is 0 Å². The fourth-order valence-corrected chi connectivity index (χ4v) is 2.44. The zero-order chi connectivity index (χ0) is 12.5. The van der Waals surface area contributed by atoms with Gasteiger partial charge in [0.25, 0.3) is 0 Å². The summed E-state index contributed by atoms with van der Waals surface area (Å²) >= 11 is 0. The predicted molar refractivity (Wildman–Crippen MR) is 64.9 cm³/mol. The van der Waals surface area contributed by atoms with E-state index in [1.54, 1.807) is 9.58 Å². The van der Waals surface area contributed by atoms with E-state index in [-0.39, 0.29) is 12.3 Å². The summed E-state index contributed by atoms with van der Waals surface area (Å²) in [5.74, 6) is 0. The van der Waals surface area contributed by atoms with Crippen LogP contribution in [-0.2, 0) is 4.74 Å². The maximum atomic E-state index is 11.7. The molecule has 2 aromatic rings. The molecule has 18 heavy (non-hydrogen) atoms. The lowest BCUT2D eigenvalue weighted by atomic mass is 10.3. The molecule has 0 N–H and O–H groups in total. The predicted octanol–water partition coefficient (Wildman–Crippen LogP) is 1.79. The molecule has 6 nitrogen and oxygen atoms in total. The van der Waals surface area contributed by atoms with E-state index in [1.165, 1.54) is 7.11 Å². The molecule has 6 heteroatoms. The van der Waals surface area contributed by atoms with Crippen LogP contribution in [0.2, 0.25) is 0 Å². The largest absolute Gasteiger partial charge is 0.453 e. The van der Waals surface area contributed by atoms with Crippen molar-refractivity contribution in [2.45, 2.75) is 19.0 Å². The fraction of sp³-hybridized carbons (Fsp3) is 0.417. The van der Waals surface area contributed by atoms with Crippen LogP contribution in [0.3, 0.4) is 0 Å². The van der Waals surface area contributed by atoms with E-state index < -0.39 is 0 Å². The zero-order valence-corrected chi connectivity index (χ0v) is 10.1. The van der Waals surface area contributed by atoms with Gasteiger partial charge in [0.2, 0.25) is 0 Å². The molecule has 0 saturated carbocycles. The minimum Gasteiger partial charge on any atom is -0.453 e. The van der Waals surface area contributed by atoms with Gasteiger partial charge in [-0.05, 0) is 25.0 Å². The average Bonchev–Trinajstić information content (AvgIpc) is 3.03. The number of para-hydroxylation sites is 1. The Hall–Kier alpha value is -2.11. The third-order valence-electron chi connectivity index (χ3n) is 3.29. The van der Waals surface area contributed by atoms with Crippen molar-refractivity contribution in [3.63, 3.8) is 0 Å². The van der Waals surface area contributed by atoms with Crippen molar-refractivity contribution in [1.82, 2.24) is 19.9 Å². The van der Waals surface area contributed by atoms with E-state index >= 15 is 0 Å². The quantitative estimate of drug-likeness (QED) is 0.769. The number of amides is 1. The highest BCUT2D eigenvalue weighted by Gasteiger charge is 2.32. The van der Waals surface area contributed by atoms with E-state index in [9.17, 15) is 4.79 Å². The first-order chi connectivity index (χ1) is 8.81. The molecule has 1 aromatic carbocycles. The maximum absolute atomic E-state index is 11.7. The van der Waals surface area contributed by atoms with Crippen LogP contribution >= 0.6 is 0 Å². The molecule has 1 fully saturated rings. The lowest BCUT2D eigenvalue weighted by molar-refractivity contribution is 0.102. The molecule has 0 spiro atoms. The molecule has 1 aliphatic heterocycles. The van der Waals surface area contributed by atoms with E-state index in [1.807, 2.05) is 24.3 Å². The Morgan fingerprint density at radius 1 is 1.44 bits per heavy atom. The Balaban J connectivity index is 2.01. The van der Waals surface area contributed by atoms with Crippen LogP contribution in [0.1, 0.15) is 19.0 Å². The number of fused-ring (bicyclic) bond motifs is 1. The Morgan fingerprint density at radius 2 is 2.28 bits per heavy atom. The number of likely N-dealkylation sites (tertiary alicyclic amines) is 1. The van der Waals surface area contributed by atoms with E-state index in [0.717, 1.165) is 23.9 Å². The number of carbonyl (C=O) groups is 1. The second-order valence-corrected chi connectivity index (χ2v) is 4.31. The van der Waals surface area contributed by atoms with Crippen LogP contribution in [0.25, 0.3) is 11.0 Å². The standard InChI is InChI=1S/C12H14N4O2/c1-18-12(17)15-8-4-7-11(15)16-10-6-3-2-5-9(10)13-14-16/h2-3,5-6,11H,4,7-8H2,1H3. The zero-order valence-electron chi connectivity index (χ0n) is 10.1. The highest BCUT2D eigenvalue weighted by Crippen LogP contribution is 2.29. The van der Waals surface area contributed by atoms with Gasteiger partial charge in [-0.2, -0.15) is 0 Å². The van der Waals surface area contributed by atoms with E-state index in [2.05, 4.69) is 10.3 Å². The van der Waals surface area contributed by atoms with Gasteiger partial charge in [0.1, 0.15) is 11.7 Å². The number of methoxy groups -OCH3 is 1. The second-order valence-electron chi connectivity index (χ2n) is 4.31. The summed E-state index contributed by atoms with van der Waals surface area (Å²) in [6, 6.07) is 7.74. The lowest BCUT2D eigenvalue weighted by Crippen LogP contribution is -2.33. The number of carbonyl (C=O) groups excluding carboxylic acids is 1. The number of hydrogen-bond donors (Lipinski definition) is 0. The van der Waals surface area contributed by atoms with Crippen molar-refractivity contribution < 1.29 is 9.53 Å². The SMILES string of the molecule is COC(=O)N1CCCC1n1nnc2ccccc21. The molecule has 1 aliphatic rings. The van der Waals surface area contributed by atoms with Gasteiger partial charge in [-0.15, -0.1) is 5.10 Å². The molecule has 1 atom stereocenters. The van der Waals surface area contributed by atoms with Crippen LogP contribution in [-0.4, -0.2) is 39.6 Å². The molecule has 2 heterocycles. The van der Waals surface area contributed by atoms with E-state index in [0.29, 0.717) is 6.54 Å². The minimum absolute atomic E-state index is 0.0927. The molecule has 0 aliphatic carbocycles. The number of aromatic nitrogens is 3. The van der Waals surface area contributed by atoms with Gasteiger partial charge in [-0.25, -0.2) is 9.48 Å². The first-order valence-corrected chi connectivity index (χ1v) is 5.96. The lowest BCUT2D eigenvalue weighted by Gasteiger charge is -2.23. The Kier molecular flexibility index (Phi) is 2.62. The van der Waals surface area contributed by atoms with E-state index in [4.69, 9.17) is 4.74 Å². The summed E-state index contributed by atoms with van der Waals surface area (Å²) in [4.78, 5) is 13.4. The molecular formula is C12H14N4O2. The van der Waals surface area contributed by atoms with Gasteiger partial charge in [0, 0.05) is 6.54 Å². The minimum atomic E-state index is -0.308. The third kappa shape index (κ3) is 1.61. The van der Waals surface area contributed by atoms with Gasteiger partial charge in [0.05, 0.1) is 12.6 Å². The monoisotopic (exact) mass is 246 g/mol. The second kappa shape index (κ2) is 4.29. The van der Waals surface area contributed by atoms with Gasteiger partial charge < -0.3 is 4.74 Å². The molecule has 1 saturated heterocycles. The Morgan fingerprint density at radius 3 is 3.11 bits per heavy atom. The molecule has 1 amide bonds. The van der Waals surface area contributed by atoms with Crippen LogP contribution in [0.15, 0.2) is 24.3 Å². The summed E-state index contributed by atoms with van der Waals surface area (Å²) in [6.07, 6.45) is 1.43. The summed E-state index contributed by atoms with van der Waals surface area (Å²) < 4.78 is 6.60. The van der Waals surface area contributed by atoms with Crippen LogP contribution < -0.4 is 0 Å². The highest BCUT2D eigenvalue weighted by atomic mass is 16.5. The maximum Gasteiger partial charge on any atom is 0.411 e. The first kappa shape index (κ1) is 11.0. The summed E-state index contributed by atoms with van der Waals surface area (Å²) in [5.41, 5.74) is 1.78. The number of ether oxygens (including phenoxy) is 1. The first-order valence-electron chi connectivity index (χ1n) is 5.96. The number of hydrogen-bond acceptors (Lipinski definition) is 4. The number of benzene rings is 1. The smallest absolute Gasteiger partial charge is 0.411 e. The van der Waals surface area contributed by atoms with Crippen molar-refractivity contribution in [3.8, 4) is 0 Å². The van der Waals surface area contributed by atoms with Crippen molar-refractivity contribution >= 4 is 17.1 Å². The normalized spacial score (nSPS) is 19.4.